The zero-order chi connectivity index (χ0) is 19.6. The Balaban J connectivity index is 4.15. The van der Waals surface area contributed by atoms with Gasteiger partial charge in [-0.1, -0.05) is 0 Å². The number of rotatable bonds is 12. The minimum absolute atomic E-state index is 0.0880. The van der Waals surface area contributed by atoms with Crippen LogP contribution in [0.5, 0.6) is 0 Å². The molecule has 0 spiro atoms. The topological polar surface area (TPSA) is 111 Å². The third-order valence-electron chi connectivity index (χ3n) is 2.85. The standard InChI is InChI=1S/C16H27N3O6/c1-16(2,3)25-15(24)12-18(5)7-6-17(4)8-9-19(10-13(20)21)11-14(22)23/h4-5H,6-12H2,1-3H3,(H,20,21)(H,22,23). The van der Waals surface area contributed by atoms with Crippen LogP contribution in [0.25, 0.3) is 0 Å². The molecule has 142 valence electrons. The van der Waals surface area contributed by atoms with Gasteiger partial charge in [-0.15, -0.1) is 0 Å². The lowest BCUT2D eigenvalue weighted by atomic mass is 10.2. The van der Waals surface area contributed by atoms with E-state index in [2.05, 4.69) is 0 Å². The Bertz CT molecular complexity index is 434. The van der Waals surface area contributed by atoms with Gasteiger partial charge in [-0.3, -0.25) is 29.1 Å². The van der Waals surface area contributed by atoms with Gasteiger partial charge in [0.05, 0.1) is 19.6 Å². The average Bonchev–Trinajstić information content (AvgIpc) is 2.39. The predicted octanol–water partition coefficient (Wildman–Crippen LogP) is -0.260. The molecule has 0 aromatic carbocycles. The summed E-state index contributed by atoms with van der Waals surface area (Å²) in [6.45, 7) is 5.43. The summed E-state index contributed by atoms with van der Waals surface area (Å²) in [4.78, 5) is 36.9. The van der Waals surface area contributed by atoms with Crippen LogP contribution in [0.3, 0.4) is 0 Å². The summed E-state index contributed by atoms with van der Waals surface area (Å²) >= 11 is 0. The van der Waals surface area contributed by atoms with Gasteiger partial charge < -0.3 is 14.9 Å². The third-order valence-corrected chi connectivity index (χ3v) is 2.85. The molecule has 0 bridgehead atoms. The summed E-state index contributed by atoms with van der Waals surface area (Å²) in [7, 11) is 11.5. The monoisotopic (exact) mass is 357 g/mol. The van der Waals surface area contributed by atoms with Crippen molar-refractivity contribution in [1.82, 2.24) is 14.7 Å². The molecule has 0 aliphatic rings. The molecule has 25 heavy (non-hydrogen) atoms. The molecule has 0 unspecified atom stereocenters. The molecule has 0 atom stereocenters. The summed E-state index contributed by atoms with van der Waals surface area (Å²) in [5.74, 6) is -2.68. The highest BCUT2D eigenvalue weighted by Gasteiger charge is 2.18. The number of carboxylic acids is 2. The largest absolute Gasteiger partial charge is 0.480 e. The van der Waals surface area contributed by atoms with Gasteiger partial charge in [0.15, 0.2) is 0 Å². The van der Waals surface area contributed by atoms with Crippen LogP contribution in [0.4, 0.5) is 0 Å². The second-order valence-electron chi connectivity index (χ2n) is 6.59. The molecule has 0 aliphatic carbocycles. The van der Waals surface area contributed by atoms with Gasteiger partial charge in [-0.25, -0.2) is 0 Å². The predicted molar refractivity (Wildman–Crippen MR) is 89.3 cm³/mol. The molecule has 4 radical (unpaired) electrons. The molecule has 0 aromatic rings. The van der Waals surface area contributed by atoms with Crippen molar-refractivity contribution in [1.29, 1.82) is 0 Å². The normalized spacial score (nSPS) is 12.0. The highest BCUT2D eigenvalue weighted by atomic mass is 16.6. The fourth-order valence-electron chi connectivity index (χ4n) is 1.85. The Morgan fingerprint density at radius 2 is 1.28 bits per heavy atom. The molecule has 9 nitrogen and oxygen atoms in total. The van der Waals surface area contributed by atoms with Gasteiger partial charge in [0.1, 0.15) is 5.60 Å². The van der Waals surface area contributed by atoms with E-state index in [4.69, 9.17) is 29.0 Å². The van der Waals surface area contributed by atoms with Crippen LogP contribution in [-0.2, 0) is 19.1 Å². The Labute approximate surface area is 149 Å². The first-order valence-electron chi connectivity index (χ1n) is 7.76. The van der Waals surface area contributed by atoms with Crippen LogP contribution in [0.2, 0.25) is 0 Å². The second-order valence-corrected chi connectivity index (χ2v) is 6.59. The summed E-state index contributed by atoms with van der Waals surface area (Å²) in [5.41, 5.74) is -0.588. The van der Waals surface area contributed by atoms with Gasteiger partial charge >= 0.3 is 17.9 Å². The first-order valence-corrected chi connectivity index (χ1v) is 7.76. The number of carbonyl (C=O) groups is 3. The van der Waals surface area contributed by atoms with Crippen LogP contribution in [0.15, 0.2) is 0 Å². The van der Waals surface area contributed by atoms with Crippen molar-refractivity contribution in [3.63, 3.8) is 0 Å². The number of nitrogens with zero attached hydrogens (tertiary/aromatic N) is 3. The van der Waals surface area contributed by atoms with Crippen LogP contribution in [0.1, 0.15) is 20.8 Å². The Morgan fingerprint density at radius 3 is 1.72 bits per heavy atom. The van der Waals surface area contributed by atoms with Crippen molar-refractivity contribution >= 4 is 17.9 Å². The molecular formula is C16H27N3O6. The minimum Gasteiger partial charge on any atom is -0.480 e. The van der Waals surface area contributed by atoms with Crippen molar-refractivity contribution in [2.45, 2.75) is 26.4 Å². The van der Waals surface area contributed by atoms with Crippen LogP contribution in [-0.4, -0.2) is 94.2 Å². The van der Waals surface area contributed by atoms with Crippen molar-refractivity contribution in [3.8, 4) is 0 Å². The molecule has 0 saturated heterocycles. The summed E-state index contributed by atoms with van der Waals surface area (Å²) in [6.07, 6.45) is 0. The van der Waals surface area contributed by atoms with E-state index in [9.17, 15) is 14.4 Å². The highest BCUT2D eigenvalue weighted by Crippen LogP contribution is 2.07. The Kier molecular flexibility index (Phi) is 10.3. The minimum atomic E-state index is -1.12. The molecule has 0 aliphatic heterocycles. The summed E-state index contributed by atoms with van der Waals surface area (Å²) in [6, 6.07) is 0. The van der Waals surface area contributed by atoms with E-state index in [0.717, 1.165) is 0 Å². The first kappa shape index (κ1) is 23.3. The van der Waals surface area contributed by atoms with Gasteiger partial charge in [0.25, 0.3) is 0 Å². The average molecular weight is 357 g/mol. The van der Waals surface area contributed by atoms with Crippen LogP contribution < -0.4 is 0 Å². The fourth-order valence-corrected chi connectivity index (χ4v) is 1.85. The zero-order valence-corrected chi connectivity index (χ0v) is 15.0. The SMILES string of the molecule is [CH]N(CCN([CH])CC(=O)OC(C)(C)C)CCN(CC(=O)O)CC(=O)O. The molecule has 0 fully saturated rings. The van der Waals surface area contributed by atoms with Gasteiger partial charge in [0, 0.05) is 40.3 Å². The lowest BCUT2D eigenvalue weighted by Crippen LogP contribution is -2.40. The van der Waals surface area contributed by atoms with Gasteiger partial charge in [0.2, 0.25) is 0 Å². The molecule has 0 saturated carbocycles. The van der Waals surface area contributed by atoms with E-state index in [1.54, 1.807) is 20.8 Å². The maximum absolute atomic E-state index is 11.6. The lowest BCUT2D eigenvalue weighted by Gasteiger charge is -2.25. The van der Waals surface area contributed by atoms with Crippen molar-refractivity contribution in [2.75, 3.05) is 45.8 Å². The molecule has 0 rings (SSSR count). The quantitative estimate of drug-likeness (QED) is 0.360. The summed E-state index contributed by atoms with van der Waals surface area (Å²) in [5, 5.41) is 17.5. The van der Waals surface area contributed by atoms with E-state index in [-0.39, 0.29) is 39.3 Å². The van der Waals surface area contributed by atoms with Crippen molar-refractivity contribution in [2.24, 2.45) is 0 Å². The number of aliphatic carboxylic acids is 2. The van der Waals surface area contributed by atoms with Crippen LogP contribution in [0, 0.1) is 14.1 Å². The molecular weight excluding hydrogens is 330 g/mol. The van der Waals surface area contributed by atoms with E-state index in [1.165, 1.54) is 14.7 Å². The molecule has 9 heteroatoms. The van der Waals surface area contributed by atoms with Crippen molar-refractivity contribution in [3.05, 3.63) is 14.1 Å². The highest BCUT2D eigenvalue weighted by molar-refractivity contribution is 5.72. The number of ether oxygens (including phenoxy) is 1. The second kappa shape index (κ2) is 11.0. The van der Waals surface area contributed by atoms with Crippen LogP contribution >= 0.6 is 0 Å². The van der Waals surface area contributed by atoms with Gasteiger partial charge in [-0.05, 0) is 20.8 Å². The number of hydrogen-bond donors (Lipinski definition) is 2. The van der Waals surface area contributed by atoms with E-state index in [0.29, 0.717) is 6.54 Å². The fraction of sp³-hybridized carbons (Fsp3) is 0.688. The maximum atomic E-state index is 11.6. The zero-order valence-electron chi connectivity index (χ0n) is 15.0. The molecule has 0 amide bonds. The van der Waals surface area contributed by atoms with Crippen molar-refractivity contribution < 1.29 is 29.3 Å². The Hall–Kier alpha value is -1.71. The third kappa shape index (κ3) is 14.3. The van der Waals surface area contributed by atoms with E-state index < -0.39 is 23.5 Å². The number of carboxylic acid groups (broad SMARTS) is 2. The number of esters is 1. The molecule has 0 heterocycles. The van der Waals surface area contributed by atoms with E-state index >= 15 is 0 Å². The molecule has 2 N–H and O–H groups in total. The molecule has 0 aromatic heterocycles. The number of carbonyl (C=O) groups excluding carboxylic acids is 1. The maximum Gasteiger partial charge on any atom is 0.320 e. The summed E-state index contributed by atoms with van der Waals surface area (Å²) < 4.78 is 5.14. The smallest absolute Gasteiger partial charge is 0.320 e. The first-order chi connectivity index (χ1) is 11.4. The Morgan fingerprint density at radius 1 is 0.840 bits per heavy atom. The van der Waals surface area contributed by atoms with E-state index in [1.807, 2.05) is 0 Å². The van der Waals surface area contributed by atoms with Gasteiger partial charge in [-0.2, -0.15) is 0 Å². The lowest BCUT2D eigenvalue weighted by molar-refractivity contribution is -0.155. The number of hydrogen-bond acceptors (Lipinski definition) is 7.